The Morgan fingerprint density at radius 2 is 2.47 bits per heavy atom. The molecule has 1 aliphatic heterocycles. The predicted molar refractivity (Wildman–Crippen MR) is 68.1 cm³/mol. The number of nitrogens with one attached hydrogen (secondary N) is 2. The van der Waals surface area contributed by atoms with Crippen LogP contribution in [0.5, 0.6) is 0 Å². The van der Waals surface area contributed by atoms with Gasteiger partial charge in [0, 0.05) is 13.6 Å². The van der Waals surface area contributed by atoms with Crippen LogP contribution in [0.15, 0.2) is 11.1 Å². The van der Waals surface area contributed by atoms with Crippen LogP contribution in [0.25, 0.3) is 0 Å². The first kappa shape index (κ1) is 11.9. The molecule has 2 heterocycles. The van der Waals surface area contributed by atoms with Gasteiger partial charge in [-0.1, -0.05) is 0 Å². The van der Waals surface area contributed by atoms with Crippen molar-refractivity contribution in [2.75, 3.05) is 37.3 Å². The molecule has 6 nitrogen and oxygen atoms in total. The quantitative estimate of drug-likeness (QED) is 0.677. The summed E-state index contributed by atoms with van der Waals surface area (Å²) >= 11 is 0. The monoisotopic (exact) mass is 237 g/mol. The summed E-state index contributed by atoms with van der Waals surface area (Å²) in [4.78, 5) is 19.9. The van der Waals surface area contributed by atoms with E-state index in [1.54, 1.807) is 0 Å². The molecule has 0 saturated carbocycles. The maximum absolute atomic E-state index is 11.4. The largest absolute Gasteiger partial charge is 0.391 e. The van der Waals surface area contributed by atoms with E-state index >= 15 is 0 Å². The summed E-state index contributed by atoms with van der Waals surface area (Å²) in [7, 11) is 1.92. The second kappa shape index (κ2) is 5.18. The summed E-state index contributed by atoms with van der Waals surface area (Å²) in [5.41, 5.74) is 5.64. The summed E-state index contributed by atoms with van der Waals surface area (Å²) in [5, 5.41) is 3.37. The van der Waals surface area contributed by atoms with E-state index in [1.807, 2.05) is 11.9 Å². The average Bonchev–Trinajstić information content (AvgIpc) is 2.34. The van der Waals surface area contributed by atoms with Gasteiger partial charge in [0.2, 0.25) is 0 Å². The fourth-order valence-corrected chi connectivity index (χ4v) is 2.26. The Morgan fingerprint density at radius 1 is 1.65 bits per heavy atom. The molecule has 0 amide bonds. The van der Waals surface area contributed by atoms with E-state index in [4.69, 9.17) is 5.73 Å². The molecule has 1 fully saturated rings. The molecule has 17 heavy (non-hydrogen) atoms. The molecule has 94 valence electrons. The van der Waals surface area contributed by atoms with Crippen LogP contribution >= 0.6 is 0 Å². The zero-order valence-electron chi connectivity index (χ0n) is 10.1. The van der Waals surface area contributed by atoms with E-state index in [2.05, 4.69) is 15.3 Å². The maximum Gasteiger partial charge on any atom is 0.276 e. The van der Waals surface area contributed by atoms with Crippen molar-refractivity contribution in [1.82, 2.24) is 15.3 Å². The van der Waals surface area contributed by atoms with Crippen LogP contribution in [0.4, 0.5) is 11.5 Å². The fraction of sp³-hybridized carbons (Fsp3) is 0.636. The van der Waals surface area contributed by atoms with Crippen molar-refractivity contribution in [2.24, 2.45) is 5.92 Å². The molecule has 4 N–H and O–H groups in total. The zero-order valence-corrected chi connectivity index (χ0v) is 10.1. The standard InChI is InChI=1S/C11H19N5O/c1-16(6-8-3-2-4-13-5-8)10-9(12)11(17)15-7-14-10/h7-8,13H,2-6,12H2,1H3,(H,14,15,17). The second-order valence-corrected chi connectivity index (χ2v) is 4.56. The first-order valence-electron chi connectivity index (χ1n) is 5.93. The molecule has 1 atom stereocenters. The third kappa shape index (κ3) is 2.76. The van der Waals surface area contributed by atoms with Crippen molar-refractivity contribution in [3.05, 3.63) is 16.7 Å². The number of hydrogen-bond acceptors (Lipinski definition) is 5. The predicted octanol–water partition coefficient (Wildman–Crippen LogP) is -0.212. The lowest BCUT2D eigenvalue weighted by Gasteiger charge is -2.28. The number of aromatic nitrogens is 2. The molecule has 1 aliphatic rings. The van der Waals surface area contributed by atoms with Crippen LogP contribution in [0.3, 0.4) is 0 Å². The first-order chi connectivity index (χ1) is 8.18. The summed E-state index contributed by atoms with van der Waals surface area (Å²) in [6.45, 7) is 2.99. The van der Waals surface area contributed by atoms with Gasteiger partial charge in [-0.2, -0.15) is 0 Å². The number of nitrogens with two attached hydrogens (primary N) is 1. The molecule has 0 bridgehead atoms. The Labute approximate surface area is 100 Å². The van der Waals surface area contributed by atoms with Crippen molar-refractivity contribution in [3.8, 4) is 0 Å². The topological polar surface area (TPSA) is 87.0 Å². The lowest BCUT2D eigenvalue weighted by Crippen LogP contribution is -2.37. The third-order valence-electron chi connectivity index (χ3n) is 3.16. The maximum atomic E-state index is 11.4. The van der Waals surface area contributed by atoms with Crippen LogP contribution < -0.4 is 21.5 Å². The number of H-pyrrole nitrogens is 1. The fourth-order valence-electron chi connectivity index (χ4n) is 2.26. The third-order valence-corrected chi connectivity index (χ3v) is 3.16. The van der Waals surface area contributed by atoms with Crippen LogP contribution in [-0.2, 0) is 0 Å². The highest BCUT2D eigenvalue weighted by Crippen LogP contribution is 2.17. The van der Waals surface area contributed by atoms with Gasteiger partial charge in [0.15, 0.2) is 5.82 Å². The van der Waals surface area contributed by atoms with Gasteiger partial charge in [-0.15, -0.1) is 0 Å². The van der Waals surface area contributed by atoms with Gasteiger partial charge >= 0.3 is 0 Å². The van der Waals surface area contributed by atoms with Crippen LogP contribution in [-0.4, -0.2) is 36.6 Å². The van der Waals surface area contributed by atoms with Crippen molar-refractivity contribution in [1.29, 1.82) is 0 Å². The number of nitrogens with zero attached hydrogens (tertiary/aromatic N) is 2. The lowest BCUT2D eigenvalue weighted by atomic mass is 9.99. The minimum atomic E-state index is -0.274. The molecule has 1 aromatic heterocycles. The Morgan fingerprint density at radius 3 is 3.18 bits per heavy atom. The molecule has 1 aromatic rings. The highest BCUT2D eigenvalue weighted by atomic mass is 16.1. The van der Waals surface area contributed by atoms with Gasteiger partial charge in [-0.25, -0.2) is 4.98 Å². The molecule has 0 spiro atoms. The molecule has 0 radical (unpaired) electrons. The summed E-state index contributed by atoms with van der Waals surface area (Å²) in [6, 6.07) is 0. The van der Waals surface area contributed by atoms with Crippen molar-refractivity contribution in [3.63, 3.8) is 0 Å². The lowest BCUT2D eigenvalue weighted by molar-refractivity contribution is 0.380. The van der Waals surface area contributed by atoms with Gasteiger partial charge in [0.25, 0.3) is 5.56 Å². The van der Waals surface area contributed by atoms with E-state index in [1.165, 1.54) is 19.2 Å². The van der Waals surface area contributed by atoms with E-state index in [0.29, 0.717) is 11.7 Å². The second-order valence-electron chi connectivity index (χ2n) is 4.56. The van der Waals surface area contributed by atoms with E-state index < -0.39 is 0 Å². The van der Waals surface area contributed by atoms with Gasteiger partial charge in [0.05, 0.1) is 6.33 Å². The van der Waals surface area contributed by atoms with Gasteiger partial charge in [0.1, 0.15) is 5.69 Å². The molecular formula is C11H19N5O. The number of nitrogen functional groups attached to an aromatic ring is 1. The highest BCUT2D eigenvalue weighted by Gasteiger charge is 2.17. The number of piperidine rings is 1. The summed E-state index contributed by atoms with van der Waals surface area (Å²) in [6.07, 6.45) is 3.81. The molecule has 2 rings (SSSR count). The van der Waals surface area contributed by atoms with Crippen molar-refractivity contribution >= 4 is 11.5 Å². The Bertz CT molecular complexity index is 424. The number of hydrogen-bond donors (Lipinski definition) is 3. The molecule has 1 unspecified atom stereocenters. The molecule has 0 aliphatic carbocycles. The Kier molecular flexibility index (Phi) is 3.63. The SMILES string of the molecule is CN(CC1CCCNC1)c1nc[nH]c(=O)c1N. The summed E-state index contributed by atoms with van der Waals surface area (Å²) < 4.78 is 0. The Hall–Kier alpha value is -1.56. The van der Waals surface area contributed by atoms with E-state index in [-0.39, 0.29) is 11.2 Å². The number of rotatable bonds is 3. The minimum absolute atomic E-state index is 0.193. The van der Waals surface area contributed by atoms with E-state index in [9.17, 15) is 4.79 Å². The van der Waals surface area contributed by atoms with Crippen molar-refractivity contribution < 1.29 is 0 Å². The van der Waals surface area contributed by atoms with Gasteiger partial charge in [-0.3, -0.25) is 4.79 Å². The van der Waals surface area contributed by atoms with Crippen LogP contribution in [0.2, 0.25) is 0 Å². The molecular weight excluding hydrogens is 218 g/mol. The average molecular weight is 237 g/mol. The molecule has 6 heteroatoms. The summed E-state index contributed by atoms with van der Waals surface area (Å²) in [5.74, 6) is 1.16. The van der Waals surface area contributed by atoms with Crippen molar-refractivity contribution in [2.45, 2.75) is 12.8 Å². The highest BCUT2D eigenvalue weighted by molar-refractivity contribution is 5.60. The van der Waals surface area contributed by atoms with Crippen LogP contribution in [0, 0.1) is 5.92 Å². The zero-order chi connectivity index (χ0) is 12.3. The number of aromatic amines is 1. The first-order valence-corrected chi connectivity index (χ1v) is 5.93. The minimum Gasteiger partial charge on any atom is -0.391 e. The molecule has 1 saturated heterocycles. The van der Waals surface area contributed by atoms with Crippen LogP contribution in [0.1, 0.15) is 12.8 Å². The smallest absolute Gasteiger partial charge is 0.276 e. The van der Waals surface area contributed by atoms with E-state index in [0.717, 1.165) is 19.6 Å². The Balaban J connectivity index is 2.06. The normalized spacial score (nSPS) is 20.2. The van der Waals surface area contributed by atoms with Gasteiger partial charge < -0.3 is 20.9 Å². The van der Waals surface area contributed by atoms with Gasteiger partial charge in [-0.05, 0) is 31.8 Å². The molecule has 0 aromatic carbocycles. The number of anilines is 2.